The highest BCUT2D eigenvalue weighted by atomic mass is 19.4. The van der Waals surface area contributed by atoms with Gasteiger partial charge in [0.1, 0.15) is 5.75 Å². The maximum atomic E-state index is 12.5. The van der Waals surface area contributed by atoms with Gasteiger partial charge < -0.3 is 9.64 Å². The maximum absolute atomic E-state index is 12.5. The fourth-order valence-electron chi connectivity index (χ4n) is 2.32. The molecule has 0 aliphatic rings. The molecule has 0 aliphatic heterocycles. The summed E-state index contributed by atoms with van der Waals surface area (Å²) >= 11 is 0. The minimum Gasteiger partial charge on any atom is -0.405 e. The highest BCUT2D eigenvalue weighted by Gasteiger charge is 2.32. The molecule has 0 fully saturated rings. The van der Waals surface area contributed by atoms with E-state index in [1.54, 1.807) is 0 Å². The topological polar surface area (TPSA) is 29.5 Å². The van der Waals surface area contributed by atoms with E-state index in [0.29, 0.717) is 5.56 Å². The fourth-order valence-corrected chi connectivity index (χ4v) is 2.32. The number of hydrogen-bond acceptors (Lipinski definition) is 2. The molecule has 0 atom stereocenters. The Kier molecular flexibility index (Phi) is 6.02. The van der Waals surface area contributed by atoms with Crippen molar-refractivity contribution >= 4 is 5.91 Å². The van der Waals surface area contributed by atoms with Crippen LogP contribution in [0.4, 0.5) is 26.3 Å². The van der Waals surface area contributed by atoms with Crippen LogP contribution in [-0.2, 0) is 23.9 Å². The summed E-state index contributed by atoms with van der Waals surface area (Å²) in [5, 5.41) is 0. The average Bonchev–Trinajstić information content (AvgIpc) is 2.55. The zero-order valence-corrected chi connectivity index (χ0v) is 14.1. The lowest BCUT2D eigenvalue weighted by molar-refractivity contribution is -0.275. The Morgan fingerprint density at radius 1 is 0.963 bits per heavy atom. The van der Waals surface area contributed by atoms with E-state index in [-0.39, 0.29) is 18.5 Å². The van der Waals surface area contributed by atoms with E-state index in [1.807, 2.05) is 0 Å². The summed E-state index contributed by atoms with van der Waals surface area (Å²) in [6, 6.07) is 9.52. The molecule has 0 bridgehead atoms. The smallest absolute Gasteiger partial charge is 0.405 e. The first-order chi connectivity index (χ1) is 12.5. The van der Waals surface area contributed by atoms with Gasteiger partial charge in [-0.05, 0) is 23.8 Å². The lowest BCUT2D eigenvalue weighted by Crippen LogP contribution is -2.28. The lowest BCUT2D eigenvalue weighted by atomic mass is 10.1. The molecule has 0 saturated carbocycles. The second kappa shape index (κ2) is 7.89. The molecule has 0 aliphatic carbocycles. The number of para-hydroxylation sites is 1. The number of ether oxygens (including phenoxy) is 1. The van der Waals surface area contributed by atoms with Crippen molar-refractivity contribution in [3.8, 4) is 5.75 Å². The van der Waals surface area contributed by atoms with E-state index in [9.17, 15) is 31.1 Å². The number of carbonyl (C=O) groups excluding carboxylic acids is 1. The molecule has 9 heteroatoms. The predicted molar refractivity (Wildman–Crippen MR) is 84.7 cm³/mol. The predicted octanol–water partition coefficient (Wildman–Crippen LogP) is 4.81. The van der Waals surface area contributed by atoms with Crippen LogP contribution in [0, 0.1) is 0 Å². The van der Waals surface area contributed by atoms with Gasteiger partial charge >= 0.3 is 12.5 Å². The third-order valence-electron chi connectivity index (χ3n) is 3.67. The average molecular weight is 391 g/mol. The molecule has 27 heavy (non-hydrogen) atoms. The molecule has 0 N–H and O–H groups in total. The number of nitrogens with zero attached hydrogens (tertiary/aromatic N) is 1. The number of rotatable bonds is 5. The Morgan fingerprint density at radius 3 is 2.11 bits per heavy atom. The van der Waals surface area contributed by atoms with Crippen molar-refractivity contribution in [1.29, 1.82) is 0 Å². The molecule has 0 spiro atoms. The van der Waals surface area contributed by atoms with Crippen LogP contribution in [-0.4, -0.2) is 24.2 Å². The van der Waals surface area contributed by atoms with Crippen LogP contribution in [0.1, 0.15) is 16.7 Å². The number of halogens is 6. The molecule has 0 heterocycles. The number of carbonyl (C=O) groups is 1. The van der Waals surface area contributed by atoms with Crippen molar-refractivity contribution in [3.63, 3.8) is 0 Å². The van der Waals surface area contributed by atoms with E-state index >= 15 is 0 Å². The monoisotopic (exact) mass is 391 g/mol. The molecule has 0 saturated heterocycles. The van der Waals surface area contributed by atoms with Gasteiger partial charge in [-0.15, -0.1) is 13.2 Å². The minimum atomic E-state index is -4.86. The molecular weight excluding hydrogens is 376 g/mol. The Hall–Kier alpha value is -2.71. The number of hydrogen-bond donors (Lipinski definition) is 0. The van der Waals surface area contributed by atoms with Crippen LogP contribution in [0.2, 0.25) is 0 Å². The number of alkyl halides is 6. The van der Waals surface area contributed by atoms with Crippen LogP contribution in [0.15, 0.2) is 48.5 Å². The maximum Gasteiger partial charge on any atom is 0.573 e. The van der Waals surface area contributed by atoms with Crippen LogP contribution in [0.5, 0.6) is 5.75 Å². The van der Waals surface area contributed by atoms with Crippen molar-refractivity contribution in [1.82, 2.24) is 4.90 Å². The first-order valence-corrected chi connectivity index (χ1v) is 7.69. The summed E-state index contributed by atoms with van der Waals surface area (Å²) < 4.78 is 78.9. The van der Waals surface area contributed by atoms with Crippen molar-refractivity contribution < 1.29 is 35.9 Å². The zero-order valence-electron chi connectivity index (χ0n) is 14.1. The standard InChI is InChI=1S/C18H15F6NO2/c1-25(11-13-4-2-3-5-15(13)27-18(22,23)24)16(26)10-12-6-8-14(9-7-12)17(19,20)21/h2-9H,10-11H2,1H3. The van der Waals surface area contributed by atoms with Gasteiger partial charge in [0.2, 0.25) is 5.91 Å². The van der Waals surface area contributed by atoms with Crippen LogP contribution in [0.3, 0.4) is 0 Å². The van der Waals surface area contributed by atoms with Crippen LogP contribution in [0.25, 0.3) is 0 Å². The quantitative estimate of drug-likeness (QED) is 0.685. The summed E-state index contributed by atoms with van der Waals surface area (Å²) in [6.45, 7) is -0.147. The van der Waals surface area contributed by atoms with E-state index in [0.717, 1.165) is 18.2 Å². The lowest BCUT2D eigenvalue weighted by Gasteiger charge is -2.20. The fraction of sp³-hybridized carbons (Fsp3) is 0.278. The van der Waals surface area contributed by atoms with E-state index in [4.69, 9.17) is 0 Å². The highest BCUT2D eigenvalue weighted by Crippen LogP contribution is 2.29. The summed E-state index contributed by atoms with van der Waals surface area (Å²) in [6.07, 6.45) is -9.52. The normalized spacial score (nSPS) is 12.0. The number of amides is 1. The van der Waals surface area contributed by atoms with Gasteiger partial charge in [0, 0.05) is 19.2 Å². The van der Waals surface area contributed by atoms with Crippen molar-refractivity contribution in [2.45, 2.75) is 25.5 Å². The molecular formula is C18H15F6NO2. The molecule has 2 aromatic rings. The zero-order chi connectivity index (χ0) is 20.2. The molecule has 146 valence electrons. The third-order valence-corrected chi connectivity index (χ3v) is 3.67. The Morgan fingerprint density at radius 2 is 1.56 bits per heavy atom. The van der Waals surface area contributed by atoms with E-state index in [1.165, 1.54) is 42.3 Å². The highest BCUT2D eigenvalue weighted by molar-refractivity contribution is 5.78. The Balaban J connectivity index is 2.04. The third kappa shape index (κ3) is 6.19. The molecule has 1 amide bonds. The number of likely N-dealkylation sites (N-methyl/N-ethyl adjacent to an activating group) is 1. The summed E-state index contributed by atoms with van der Waals surface area (Å²) in [5.41, 5.74) is -0.317. The molecule has 2 aromatic carbocycles. The summed E-state index contributed by atoms with van der Waals surface area (Å²) in [7, 11) is 1.39. The van der Waals surface area contributed by atoms with Gasteiger partial charge in [-0.2, -0.15) is 13.2 Å². The SMILES string of the molecule is CN(Cc1ccccc1OC(F)(F)F)C(=O)Cc1ccc(C(F)(F)F)cc1. The second-order valence-electron chi connectivity index (χ2n) is 5.78. The van der Waals surface area contributed by atoms with E-state index in [2.05, 4.69) is 4.74 Å². The minimum absolute atomic E-state index is 0.147. The largest absolute Gasteiger partial charge is 0.573 e. The first kappa shape index (κ1) is 20.6. The van der Waals surface area contributed by atoms with Gasteiger partial charge in [0.15, 0.2) is 0 Å². The molecule has 0 aromatic heterocycles. The Bertz CT molecular complexity index is 784. The molecule has 3 nitrogen and oxygen atoms in total. The van der Waals surface area contributed by atoms with Crippen molar-refractivity contribution in [2.24, 2.45) is 0 Å². The molecule has 2 rings (SSSR count). The van der Waals surface area contributed by atoms with Crippen molar-refractivity contribution in [2.75, 3.05) is 7.05 Å². The Labute approximate surface area is 151 Å². The first-order valence-electron chi connectivity index (χ1n) is 7.69. The number of benzene rings is 2. The second-order valence-corrected chi connectivity index (χ2v) is 5.78. The molecule has 0 unspecified atom stereocenters. The van der Waals surface area contributed by atoms with Crippen LogP contribution >= 0.6 is 0 Å². The van der Waals surface area contributed by atoms with Gasteiger partial charge in [-0.1, -0.05) is 30.3 Å². The van der Waals surface area contributed by atoms with E-state index < -0.39 is 29.8 Å². The summed E-state index contributed by atoms with van der Waals surface area (Å²) in [5.74, 6) is -0.879. The van der Waals surface area contributed by atoms with Gasteiger partial charge in [-0.3, -0.25) is 4.79 Å². The van der Waals surface area contributed by atoms with Gasteiger partial charge in [0.05, 0.1) is 12.0 Å². The molecule has 0 radical (unpaired) electrons. The van der Waals surface area contributed by atoms with Gasteiger partial charge in [-0.25, -0.2) is 0 Å². The van der Waals surface area contributed by atoms with Crippen LogP contribution < -0.4 is 4.74 Å². The van der Waals surface area contributed by atoms with Crippen molar-refractivity contribution in [3.05, 3.63) is 65.2 Å². The van der Waals surface area contributed by atoms with Gasteiger partial charge in [0.25, 0.3) is 0 Å². The summed E-state index contributed by atoms with van der Waals surface area (Å²) in [4.78, 5) is 13.4.